The number of methoxy groups -OCH3 is 1. The van der Waals surface area contributed by atoms with Crippen LogP contribution in [0, 0.1) is 0 Å². The third-order valence-electron chi connectivity index (χ3n) is 3.58. The van der Waals surface area contributed by atoms with E-state index in [9.17, 15) is 5.11 Å². The average Bonchev–Trinajstić information content (AvgIpc) is 3.09. The van der Waals surface area contributed by atoms with Crippen molar-refractivity contribution in [2.45, 2.75) is 12.6 Å². The van der Waals surface area contributed by atoms with Gasteiger partial charge in [0.2, 0.25) is 0 Å². The summed E-state index contributed by atoms with van der Waals surface area (Å²) in [6, 6.07) is 17.2. The Hall–Kier alpha value is -2.93. The minimum atomic E-state index is -0.652. The summed E-state index contributed by atoms with van der Waals surface area (Å²) in [5, 5.41) is 25.2. The molecule has 3 rings (SSSR count). The van der Waals surface area contributed by atoms with Crippen LogP contribution in [-0.2, 0) is 6.54 Å². The minimum absolute atomic E-state index is 0.291. The zero-order valence-electron chi connectivity index (χ0n) is 13.3. The number of aliphatic hydroxyl groups excluding tert-OH is 1. The quantitative estimate of drug-likeness (QED) is 0.689. The molecule has 124 valence electrons. The standard InChI is InChI=1S/C17H19N5O2/c1-24-16-10-6-5-9-15(16)18-11-14(23)12-22-17(19-20-21-22)13-7-3-2-4-8-13/h2-10,14,18,23H,11-12H2,1H3. The van der Waals surface area contributed by atoms with Crippen molar-refractivity contribution in [2.75, 3.05) is 19.0 Å². The molecule has 0 amide bonds. The van der Waals surface area contributed by atoms with E-state index in [0.717, 1.165) is 17.0 Å². The predicted octanol–water partition coefficient (Wildman–Crippen LogP) is 1.82. The maximum Gasteiger partial charge on any atom is 0.182 e. The Kier molecular flexibility index (Phi) is 5.02. The molecule has 24 heavy (non-hydrogen) atoms. The normalized spacial score (nSPS) is 11.9. The summed E-state index contributed by atoms with van der Waals surface area (Å²) in [7, 11) is 1.62. The van der Waals surface area contributed by atoms with Crippen molar-refractivity contribution in [2.24, 2.45) is 0 Å². The molecule has 0 fully saturated rings. The van der Waals surface area contributed by atoms with Crippen LogP contribution in [0.3, 0.4) is 0 Å². The van der Waals surface area contributed by atoms with Gasteiger partial charge in [-0.05, 0) is 22.6 Å². The van der Waals surface area contributed by atoms with Gasteiger partial charge in [0.15, 0.2) is 5.82 Å². The molecule has 1 aromatic heterocycles. The van der Waals surface area contributed by atoms with Crippen LogP contribution < -0.4 is 10.1 Å². The van der Waals surface area contributed by atoms with Crippen LogP contribution in [0.15, 0.2) is 54.6 Å². The fourth-order valence-electron chi connectivity index (χ4n) is 2.40. The molecule has 1 atom stereocenters. The Balaban J connectivity index is 1.64. The molecular formula is C17H19N5O2. The van der Waals surface area contributed by atoms with Gasteiger partial charge >= 0.3 is 0 Å². The smallest absolute Gasteiger partial charge is 0.182 e. The van der Waals surface area contributed by atoms with Crippen LogP contribution in [0.1, 0.15) is 0 Å². The fourth-order valence-corrected chi connectivity index (χ4v) is 2.40. The van der Waals surface area contributed by atoms with Gasteiger partial charge in [0.05, 0.1) is 25.4 Å². The number of tetrazole rings is 1. The van der Waals surface area contributed by atoms with Gasteiger partial charge in [0, 0.05) is 12.1 Å². The monoisotopic (exact) mass is 325 g/mol. The second-order valence-corrected chi connectivity index (χ2v) is 5.29. The number of aromatic nitrogens is 4. The highest BCUT2D eigenvalue weighted by molar-refractivity contribution is 5.56. The first-order valence-corrected chi connectivity index (χ1v) is 7.64. The van der Waals surface area contributed by atoms with E-state index >= 15 is 0 Å². The molecule has 3 aromatic rings. The van der Waals surface area contributed by atoms with Crippen molar-refractivity contribution in [3.8, 4) is 17.1 Å². The first kappa shape index (κ1) is 15.9. The lowest BCUT2D eigenvalue weighted by Crippen LogP contribution is -2.26. The largest absolute Gasteiger partial charge is 0.495 e. The zero-order chi connectivity index (χ0) is 16.8. The first-order chi connectivity index (χ1) is 11.8. The molecule has 0 aliphatic rings. The van der Waals surface area contributed by atoms with Gasteiger partial charge in [0.1, 0.15) is 5.75 Å². The van der Waals surface area contributed by atoms with Gasteiger partial charge in [-0.25, -0.2) is 4.68 Å². The van der Waals surface area contributed by atoms with Gasteiger partial charge in [-0.3, -0.25) is 0 Å². The summed E-state index contributed by atoms with van der Waals surface area (Å²) in [5.41, 5.74) is 1.74. The molecule has 7 nitrogen and oxygen atoms in total. The van der Waals surface area contributed by atoms with Crippen molar-refractivity contribution < 1.29 is 9.84 Å². The molecule has 0 saturated heterocycles. The Morgan fingerprint density at radius 1 is 1.12 bits per heavy atom. The van der Waals surface area contributed by atoms with E-state index in [1.54, 1.807) is 11.8 Å². The maximum absolute atomic E-state index is 10.3. The van der Waals surface area contributed by atoms with Crippen LogP contribution in [0.2, 0.25) is 0 Å². The summed E-state index contributed by atoms with van der Waals surface area (Å²) < 4.78 is 6.88. The highest BCUT2D eigenvalue weighted by atomic mass is 16.5. The lowest BCUT2D eigenvalue weighted by atomic mass is 10.2. The van der Waals surface area contributed by atoms with Crippen LogP contribution in [0.5, 0.6) is 5.75 Å². The van der Waals surface area contributed by atoms with Crippen LogP contribution in [0.25, 0.3) is 11.4 Å². The van der Waals surface area contributed by atoms with Crippen LogP contribution >= 0.6 is 0 Å². The summed E-state index contributed by atoms with van der Waals surface area (Å²) in [6.45, 7) is 0.647. The summed E-state index contributed by atoms with van der Waals surface area (Å²) >= 11 is 0. The van der Waals surface area contributed by atoms with E-state index in [4.69, 9.17) is 4.74 Å². The van der Waals surface area contributed by atoms with Gasteiger partial charge in [0.25, 0.3) is 0 Å². The highest BCUT2D eigenvalue weighted by Gasteiger charge is 2.13. The summed E-state index contributed by atoms with van der Waals surface area (Å²) in [4.78, 5) is 0. The molecule has 7 heteroatoms. The van der Waals surface area contributed by atoms with Crippen molar-refractivity contribution >= 4 is 5.69 Å². The van der Waals surface area contributed by atoms with Gasteiger partial charge in [-0.1, -0.05) is 42.5 Å². The van der Waals surface area contributed by atoms with Crippen molar-refractivity contribution in [1.29, 1.82) is 0 Å². The molecule has 0 radical (unpaired) electrons. The molecule has 1 heterocycles. The number of rotatable bonds is 7. The van der Waals surface area contributed by atoms with Gasteiger partial charge in [-0.2, -0.15) is 0 Å². The van der Waals surface area contributed by atoms with Crippen molar-refractivity contribution in [1.82, 2.24) is 20.2 Å². The van der Waals surface area contributed by atoms with E-state index in [0.29, 0.717) is 18.9 Å². The number of benzene rings is 2. The summed E-state index contributed by atoms with van der Waals surface area (Å²) in [5.74, 6) is 1.36. The fraction of sp³-hybridized carbons (Fsp3) is 0.235. The van der Waals surface area contributed by atoms with Gasteiger partial charge < -0.3 is 15.2 Å². The van der Waals surface area contributed by atoms with E-state index in [1.165, 1.54) is 0 Å². The second-order valence-electron chi connectivity index (χ2n) is 5.29. The number of hydrogen-bond donors (Lipinski definition) is 2. The highest BCUT2D eigenvalue weighted by Crippen LogP contribution is 2.23. The molecule has 0 aliphatic heterocycles. The molecule has 0 saturated carbocycles. The molecular weight excluding hydrogens is 306 g/mol. The molecule has 0 bridgehead atoms. The molecule has 0 spiro atoms. The Bertz CT molecular complexity index is 775. The SMILES string of the molecule is COc1ccccc1NCC(O)Cn1nnnc1-c1ccccc1. The Labute approximate surface area is 139 Å². The number of hydrogen-bond acceptors (Lipinski definition) is 6. The molecule has 0 aliphatic carbocycles. The van der Waals surface area contributed by atoms with Crippen molar-refractivity contribution in [3.63, 3.8) is 0 Å². The summed E-state index contributed by atoms with van der Waals surface area (Å²) in [6.07, 6.45) is -0.652. The number of ether oxygens (including phenoxy) is 1. The number of para-hydroxylation sites is 2. The first-order valence-electron chi connectivity index (χ1n) is 7.64. The average molecular weight is 325 g/mol. The third kappa shape index (κ3) is 3.69. The van der Waals surface area contributed by atoms with Crippen molar-refractivity contribution in [3.05, 3.63) is 54.6 Å². The van der Waals surface area contributed by atoms with Gasteiger partial charge in [-0.15, -0.1) is 5.10 Å². The minimum Gasteiger partial charge on any atom is -0.495 e. The molecule has 2 N–H and O–H groups in total. The predicted molar refractivity (Wildman–Crippen MR) is 90.7 cm³/mol. The van der Waals surface area contributed by atoms with Crippen LogP contribution in [-0.4, -0.2) is 45.1 Å². The topological polar surface area (TPSA) is 85.1 Å². The number of aliphatic hydroxyl groups is 1. The lowest BCUT2D eigenvalue weighted by Gasteiger charge is -2.15. The van der Waals surface area contributed by atoms with Crippen LogP contribution in [0.4, 0.5) is 5.69 Å². The number of anilines is 1. The third-order valence-corrected chi connectivity index (χ3v) is 3.58. The Morgan fingerprint density at radius 2 is 1.88 bits per heavy atom. The zero-order valence-corrected chi connectivity index (χ0v) is 13.3. The van der Waals surface area contributed by atoms with E-state index in [1.807, 2.05) is 54.6 Å². The molecule has 1 unspecified atom stereocenters. The molecule has 2 aromatic carbocycles. The number of nitrogens with zero attached hydrogens (tertiary/aromatic N) is 4. The van der Waals surface area contributed by atoms with E-state index < -0.39 is 6.10 Å². The van der Waals surface area contributed by atoms with E-state index in [2.05, 4.69) is 20.8 Å². The number of nitrogens with one attached hydrogen (secondary N) is 1. The maximum atomic E-state index is 10.3. The second kappa shape index (κ2) is 7.56. The van der Waals surface area contributed by atoms with E-state index in [-0.39, 0.29) is 0 Å². The lowest BCUT2D eigenvalue weighted by molar-refractivity contribution is 0.161. The Morgan fingerprint density at radius 3 is 2.67 bits per heavy atom.